The van der Waals surface area contributed by atoms with Crippen molar-refractivity contribution >= 4 is 33.4 Å². The molecule has 2 heterocycles. The summed E-state index contributed by atoms with van der Waals surface area (Å²) in [4.78, 5) is 18.7. The number of fused-ring (bicyclic) bond motifs is 1. The van der Waals surface area contributed by atoms with Gasteiger partial charge in [-0.1, -0.05) is 0 Å². The van der Waals surface area contributed by atoms with Gasteiger partial charge in [-0.2, -0.15) is 4.31 Å². The number of nitrogens with zero attached hydrogens (tertiary/aromatic N) is 3. The van der Waals surface area contributed by atoms with Crippen molar-refractivity contribution in [3.8, 4) is 5.75 Å². The van der Waals surface area contributed by atoms with Crippen LogP contribution in [0.4, 0.5) is 5.69 Å². The predicted molar refractivity (Wildman–Crippen MR) is 127 cm³/mol. The monoisotopic (exact) mass is 460 g/mol. The molecule has 32 heavy (non-hydrogen) atoms. The molecule has 1 saturated carbocycles. The second-order valence-electron chi connectivity index (χ2n) is 8.77. The first kappa shape index (κ1) is 22.8. The summed E-state index contributed by atoms with van der Waals surface area (Å²) in [5.41, 5.74) is 9.34. The summed E-state index contributed by atoms with van der Waals surface area (Å²) in [6.45, 7) is 4.69. The quantitative estimate of drug-likeness (QED) is 0.629. The minimum absolute atomic E-state index is 0.00908. The molecule has 9 heteroatoms. The Morgan fingerprint density at radius 1 is 1.31 bits per heavy atom. The summed E-state index contributed by atoms with van der Waals surface area (Å²) < 4.78 is 32.0. The minimum Gasteiger partial charge on any atom is -0.491 e. The maximum absolute atomic E-state index is 12.4. The highest BCUT2D eigenvalue weighted by Gasteiger charge is 2.31. The Balaban J connectivity index is 1.67. The van der Waals surface area contributed by atoms with Crippen LogP contribution in [0.25, 0.3) is 5.57 Å². The number of amides is 1. The number of hydrogen-bond acceptors (Lipinski definition) is 6. The van der Waals surface area contributed by atoms with E-state index in [1.807, 2.05) is 24.0 Å². The van der Waals surface area contributed by atoms with Gasteiger partial charge in [-0.05, 0) is 51.2 Å². The highest BCUT2D eigenvalue weighted by Crippen LogP contribution is 2.41. The van der Waals surface area contributed by atoms with E-state index in [0.29, 0.717) is 31.3 Å². The number of allylic oxidation sites excluding steroid dienone is 1. The summed E-state index contributed by atoms with van der Waals surface area (Å²) in [5.74, 6) is 0.851. The Kier molecular flexibility index (Phi) is 6.57. The summed E-state index contributed by atoms with van der Waals surface area (Å²) in [6.07, 6.45) is 7.76. The third-order valence-electron chi connectivity index (χ3n) is 6.34. The Morgan fingerprint density at radius 2 is 2.09 bits per heavy atom. The lowest BCUT2D eigenvalue weighted by molar-refractivity contribution is -0.117. The van der Waals surface area contributed by atoms with Crippen LogP contribution in [0, 0.1) is 0 Å². The van der Waals surface area contributed by atoms with Crippen molar-refractivity contribution in [2.24, 2.45) is 10.7 Å². The first-order valence-corrected chi connectivity index (χ1v) is 12.9. The van der Waals surface area contributed by atoms with Crippen molar-refractivity contribution in [2.45, 2.75) is 58.0 Å². The van der Waals surface area contributed by atoms with E-state index >= 15 is 0 Å². The number of nitrogens with two attached hydrogens (primary N) is 1. The largest absolute Gasteiger partial charge is 0.491 e. The van der Waals surface area contributed by atoms with E-state index in [-0.39, 0.29) is 24.3 Å². The van der Waals surface area contributed by atoms with E-state index in [0.717, 1.165) is 48.1 Å². The Labute approximate surface area is 190 Å². The molecule has 1 aromatic carbocycles. The van der Waals surface area contributed by atoms with E-state index in [9.17, 15) is 13.2 Å². The van der Waals surface area contributed by atoms with Crippen LogP contribution in [-0.4, -0.2) is 62.4 Å². The number of rotatable bonds is 7. The molecule has 4 rings (SSSR count). The van der Waals surface area contributed by atoms with Crippen LogP contribution >= 0.6 is 0 Å². The number of sulfonamides is 1. The van der Waals surface area contributed by atoms with E-state index in [2.05, 4.69) is 4.99 Å². The zero-order valence-electron chi connectivity index (χ0n) is 18.8. The molecule has 3 aliphatic rings. The molecular formula is C23H32N4O4S. The first-order valence-electron chi connectivity index (χ1n) is 11.3. The third-order valence-corrected chi connectivity index (χ3v) is 8.30. The topological polar surface area (TPSA) is 105 Å². The van der Waals surface area contributed by atoms with Crippen molar-refractivity contribution in [2.75, 3.05) is 30.3 Å². The second-order valence-corrected chi connectivity index (χ2v) is 10.9. The van der Waals surface area contributed by atoms with E-state index in [1.165, 1.54) is 10.5 Å². The van der Waals surface area contributed by atoms with Crippen molar-refractivity contribution in [1.82, 2.24) is 4.31 Å². The lowest BCUT2D eigenvalue weighted by atomic mass is 9.92. The first-order chi connectivity index (χ1) is 15.3. The molecule has 8 nitrogen and oxygen atoms in total. The maximum atomic E-state index is 12.4. The third kappa shape index (κ3) is 4.68. The van der Waals surface area contributed by atoms with Crippen LogP contribution in [0.2, 0.25) is 0 Å². The van der Waals surface area contributed by atoms with Gasteiger partial charge in [-0.3, -0.25) is 9.79 Å². The van der Waals surface area contributed by atoms with Crippen molar-refractivity contribution in [1.29, 1.82) is 0 Å². The predicted octanol–water partition coefficient (Wildman–Crippen LogP) is 2.32. The summed E-state index contributed by atoms with van der Waals surface area (Å²) >= 11 is 0. The van der Waals surface area contributed by atoms with Crippen molar-refractivity contribution in [3.05, 3.63) is 29.5 Å². The van der Waals surface area contributed by atoms with Gasteiger partial charge in [-0.25, -0.2) is 8.42 Å². The molecule has 2 aliphatic heterocycles. The molecule has 2 fully saturated rings. The highest BCUT2D eigenvalue weighted by molar-refractivity contribution is 7.89. The zero-order valence-corrected chi connectivity index (χ0v) is 19.6. The van der Waals surface area contributed by atoms with Gasteiger partial charge in [0.25, 0.3) is 0 Å². The Morgan fingerprint density at radius 3 is 2.72 bits per heavy atom. The number of aliphatic imine (C=N–C) groups is 1. The number of hydrogen-bond donors (Lipinski definition) is 1. The fraction of sp³-hybridized carbons (Fsp3) is 0.565. The second kappa shape index (κ2) is 9.23. The summed E-state index contributed by atoms with van der Waals surface area (Å²) in [5, 5.41) is 0. The van der Waals surface area contributed by atoms with Gasteiger partial charge >= 0.3 is 0 Å². The van der Waals surface area contributed by atoms with Gasteiger partial charge < -0.3 is 15.4 Å². The van der Waals surface area contributed by atoms with Gasteiger partial charge in [0, 0.05) is 55.2 Å². The maximum Gasteiger partial charge on any atom is 0.224 e. The lowest BCUT2D eigenvalue weighted by Crippen LogP contribution is -2.41. The lowest BCUT2D eigenvalue weighted by Gasteiger charge is -2.36. The number of benzene rings is 1. The fourth-order valence-corrected chi connectivity index (χ4v) is 5.99. The molecule has 174 valence electrons. The smallest absolute Gasteiger partial charge is 0.224 e. The molecule has 1 saturated heterocycles. The average molecular weight is 461 g/mol. The van der Waals surface area contributed by atoms with Crippen molar-refractivity contribution in [3.63, 3.8) is 0 Å². The summed E-state index contributed by atoms with van der Waals surface area (Å²) in [7, 11) is -3.18. The standard InChI is InChI=1S/C23H32N4O4S/c1-16-4-7-21-22(27(16)17(2)28)9-8-20(18(14-24)15-25-19-5-6-19)23(21)31-12-11-26-10-3-13-32(26,29)30/h8-9,14-16,19H,3-7,10-13,24H2,1-2H3/t16-/m0/s1. The molecule has 1 atom stereocenters. The Hall–Kier alpha value is -2.39. The van der Waals surface area contributed by atoms with Gasteiger partial charge in [0.05, 0.1) is 17.5 Å². The molecule has 1 amide bonds. The van der Waals surface area contributed by atoms with E-state index < -0.39 is 10.0 Å². The van der Waals surface area contributed by atoms with Gasteiger partial charge in [0.1, 0.15) is 12.4 Å². The number of carbonyl (C=O) groups is 1. The van der Waals surface area contributed by atoms with Gasteiger partial charge in [0.2, 0.25) is 15.9 Å². The molecule has 1 aliphatic carbocycles. The minimum atomic E-state index is -3.18. The molecule has 0 aromatic heterocycles. The highest BCUT2D eigenvalue weighted by atomic mass is 32.2. The molecule has 0 bridgehead atoms. The molecule has 1 aromatic rings. The SMILES string of the molecule is CC(=O)N1c2ccc(C(C=NC3CC3)=CN)c(OCCN3CCCS3(=O)=O)c2CC[C@@H]1C. The van der Waals surface area contributed by atoms with Crippen LogP contribution in [0.1, 0.15) is 50.7 Å². The normalized spacial score (nSPS) is 23.5. The zero-order chi connectivity index (χ0) is 22.9. The molecule has 2 N–H and O–H groups in total. The average Bonchev–Trinajstić information content (AvgIpc) is 3.51. The van der Waals surface area contributed by atoms with Crippen LogP contribution in [0.3, 0.4) is 0 Å². The van der Waals surface area contributed by atoms with Gasteiger partial charge in [0.15, 0.2) is 0 Å². The van der Waals surface area contributed by atoms with Crippen LogP contribution in [0.15, 0.2) is 23.3 Å². The molecule has 0 spiro atoms. The number of carbonyl (C=O) groups excluding carboxylic acids is 1. The molecular weight excluding hydrogens is 428 g/mol. The fourth-order valence-electron chi connectivity index (χ4n) is 4.48. The van der Waals surface area contributed by atoms with Crippen LogP contribution in [0.5, 0.6) is 5.75 Å². The molecule has 0 unspecified atom stereocenters. The molecule has 0 radical (unpaired) electrons. The number of anilines is 1. The van der Waals surface area contributed by atoms with Crippen LogP contribution < -0.4 is 15.4 Å². The van der Waals surface area contributed by atoms with Crippen LogP contribution in [-0.2, 0) is 21.2 Å². The van der Waals surface area contributed by atoms with E-state index in [1.54, 1.807) is 13.1 Å². The number of ether oxygens (including phenoxy) is 1. The van der Waals surface area contributed by atoms with E-state index in [4.69, 9.17) is 10.5 Å². The summed E-state index contributed by atoms with van der Waals surface area (Å²) in [6, 6.07) is 4.34. The van der Waals surface area contributed by atoms with Crippen molar-refractivity contribution < 1.29 is 17.9 Å². The van der Waals surface area contributed by atoms with Gasteiger partial charge in [-0.15, -0.1) is 0 Å². The Bertz CT molecular complexity index is 1050.